The van der Waals surface area contributed by atoms with E-state index < -0.39 is 0 Å². The van der Waals surface area contributed by atoms with Gasteiger partial charge in [0, 0.05) is 0 Å². The predicted molar refractivity (Wildman–Crippen MR) is 41.2 cm³/mol. The summed E-state index contributed by atoms with van der Waals surface area (Å²) in [7, 11) is 0. The summed E-state index contributed by atoms with van der Waals surface area (Å²) in [5.74, 6) is 0.715. The zero-order valence-electron chi connectivity index (χ0n) is 5.59. The van der Waals surface area contributed by atoms with Gasteiger partial charge in [0.05, 0.1) is 0 Å². The molecule has 0 aliphatic heterocycles. The van der Waals surface area contributed by atoms with Crippen molar-refractivity contribution in [1.82, 2.24) is 0 Å². The van der Waals surface area contributed by atoms with Crippen molar-refractivity contribution in [1.29, 1.82) is 0 Å². The maximum Gasteiger partial charge on any atom is -0.0161 e. The third-order valence-electron chi connectivity index (χ3n) is 1.54. The highest BCUT2D eigenvalue weighted by Gasteiger charge is 2.00. The summed E-state index contributed by atoms with van der Waals surface area (Å²) in [4.78, 5) is 0. The number of hydrogen-bond acceptors (Lipinski definition) is 0. The average Bonchev–Trinajstić information content (AvgIpc) is 1.91. The Hall–Kier alpha value is -0.780. The highest BCUT2D eigenvalue weighted by molar-refractivity contribution is 5.11. The average molecular weight is 120 g/mol. The Morgan fingerprint density at radius 1 is 1.56 bits per heavy atom. The molecular formula is C9H12. The zero-order valence-corrected chi connectivity index (χ0v) is 5.59. The van der Waals surface area contributed by atoms with Crippen LogP contribution in [0.1, 0.15) is 12.8 Å². The largest absolute Gasteiger partial charge is 0.103 e. The third-order valence-corrected chi connectivity index (χ3v) is 1.54. The Morgan fingerprint density at radius 2 is 2.44 bits per heavy atom. The van der Waals surface area contributed by atoms with Gasteiger partial charge in [-0.05, 0) is 18.8 Å². The summed E-state index contributed by atoms with van der Waals surface area (Å²) < 4.78 is 0. The molecule has 9 heavy (non-hydrogen) atoms. The molecule has 0 amide bonds. The van der Waals surface area contributed by atoms with E-state index >= 15 is 0 Å². The second-order valence-corrected chi connectivity index (χ2v) is 2.33. The lowest BCUT2D eigenvalue weighted by atomic mass is 9.98. The molecule has 1 aliphatic rings. The second-order valence-electron chi connectivity index (χ2n) is 2.33. The summed E-state index contributed by atoms with van der Waals surface area (Å²) in [5, 5.41) is 0. The lowest BCUT2D eigenvalue weighted by molar-refractivity contribution is 0.670. The van der Waals surface area contributed by atoms with Crippen LogP contribution in [0, 0.1) is 5.92 Å². The van der Waals surface area contributed by atoms with E-state index in [1.807, 2.05) is 6.08 Å². The number of hydrogen-bond donors (Lipinski definition) is 0. The standard InChI is InChI=1S/C9H12/c1-2-6-9-7-4-3-5-8-9/h2-5,7,9H,1,6,8H2. The van der Waals surface area contributed by atoms with Gasteiger partial charge >= 0.3 is 0 Å². The van der Waals surface area contributed by atoms with Crippen molar-refractivity contribution in [3.05, 3.63) is 37.0 Å². The molecule has 0 heteroatoms. The fourth-order valence-electron chi connectivity index (χ4n) is 1.02. The molecule has 1 unspecified atom stereocenters. The maximum atomic E-state index is 3.70. The SMILES string of the molecule is C=CCC1C=CC=CC1. The highest BCUT2D eigenvalue weighted by Crippen LogP contribution is 2.14. The minimum absolute atomic E-state index is 0.715. The zero-order chi connectivity index (χ0) is 6.53. The molecule has 0 aromatic rings. The molecule has 0 N–H and O–H groups in total. The van der Waals surface area contributed by atoms with Crippen LogP contribution in [-0.2, 0) is 0 Å². The Morgan fingerprint density at radius 3 is 3.00 bits per heavy atom. The lowest BCUT2D eigenvalue weighted by Crippen LogP contribution is -1.94. The molecule has 0 aromatic heterocycles. The van der Waals surface area contributed by atoms with Crippen molar-refractivity contribution in [2.75, 3.05) is 0 Å². The molecule has 1 rings (SSSR count). The Balaban J connectivity index is 2.36. The molecule has 0 spiro atoms. The van der Waals surface area contributed by atoms with E-state index in [1.54, 1.807) is 0 Å². The Labute approximate surface area is 56.6 Å². The van der Waals surface area contributed by atoms with Crippen LogP contribution >= 0.6 is 0 Å². The van der Waals surface area contributed by atoms with Gasteiger partial charge in [0.1, 0.15) is 0 Å². The summed E-state index contributed by atoms with van der Waals surface area (Å²) >= 11 is 0. The maximum absolute atomic E-state index is 3.70. The van der Waals surface area contributed by atoms with Crippen LogP contribution in [0.3, 0.4) is 0 Å². The van der Waals surface area contributed by atoms with E-state index in [4.69, 9.17) is 0 Å². The summed E-state index contributed by atoms with van der Waals surface area (Å²) in [6, 6.07) is 0. The molecule has 48 valence electrons. The normalized spacial score (nSPS) is 24.2. The van der Waals surface area contributed by atoms with Crippen LogP contribution in [-0.4, -0.2) is 0 Å². The van der Waals surface area contributed by atoms with Crippen molar-refractivity contribution < 1.29 is 0 Å². The van der Waals surface area contributed by atoms with E-state index in [9.17, 15) is 0 Å². The Bertz CT molecular complexity index is 138. The van der Waals surface area contributed by atoms with Crippen LogP contribution in [0.5, 0.6) is 0 Å². The smallest absolute Gasteiger partial charge is 0.0161 e. The van der Waals surface area contributed by atoms with Gasteiger partial charge in [-0.15, -0.1) is 6.58 Å². The topological polar surface area (TPSA) is 0 Å². The lowest BCUT2D eigenvalue weighted by Gasteiger charge is -2.08. The fourth-order valence-corrected chi connectivity index (χ4v) is 1.02. The van der Waals surface area contributed by atoms with E-state index in [-0.39, 0.29) is 0 Å². The van der Waals surface area contributed by atoms with Gasteiger partial charge in [0.15, 0.2) is 0 Å². The van der Waals surface area contributed by atoms with Crippen molar-refractivity contribution in [3.8, 4) is 0 Å². The first-order valence-corrected chi connectivity index (χ1v) is 3.37. The molecule has 0 saturated carbocycles. The van der Waals surface area contributed by atoms with Crippen LogP contribution in [0.2, 0.25) is 0 Å². The van der Waals surface area contributed by atoms with E-state index in [1.165, 1.54) is 6.42 Å². The molecule has 0 heterocycles. The molecule has 0 saturated heterocycles. The van der Waals surface area contributed by atoms with Crippen LogP contribution in [0.25, 0.3) is 0 Å². The Kier molecular flexibility index (Phi) is 2.32. The molecule has 0 fully saturated rings. The van der Waals surface area contributed by atoms with Gasteiger partial charge < -0.3 is 0 Å². The van der Waals surface area contributed by atoms with Crippen LogP contribution < -0.4 is 0 Å². The van der Waals surface area contributed by atoms with Crippen LogP contribution in [0.15, 0.2) is 37.0 Å². The van der Waals surface area contributed by atoms with Gasteiger partial charge in [-0.2, -0.15) is 0 Å². The molecule has 0 aromatic carbocycles. The van der Waals surface area contributed by atoms with Gasteiger partial charge in [-0.3, -0.25) is 0 Å². The van der Waals surface area contributed by atoms with Crippen molar-refractivity contribution in [2.45, 2.75) is 12.8 Å². The first-order chi connectivity index (χ1) is 4.43. The van der Waals surface area contributed by atoms with Gasteiger partial charge in [0.25, 0.3) is 0 Å². The predicted octanol–water partition coefficient (Wildman–Crippen LogP) is 2.69. The first kappa shape index (κ1) is 6.34. The third kappa shape index (κ3) is 1.88. The molecule has 0 radical (unpaired) electrons. The minimum Gasteiger partial charge on any atom is -0.103 e. The van der Waals surface area contributed by atoms with Crippen molar-refractivity contribution in [3.63, 3.8) is 0 Å². The second kappa shape index (κ2) is 3.29. The summed E-state index contributed by atoms with van der Waals surface area (Å²) in [6.45, 7) is 3.70. The molecule has 1 atom stereocenters. The molecular weight excluding hydrogens is 108 g/mol. The number of allylic oxidation sites excluding steroid dienone is 5. The van der Waals surface area contributed by atoms with E-state index in [0.29, 0.717) is 5.92 Å². The monoisotopic (exact) mass is 120 g/mol. The van der Waals surface area contributed by atoms with Crippen LogP contribution in [0.4, 0.5) is 0 Å². The molecule has 1 aliphatic carbocycles. The van der Waals surface area contributed by atoms with E-state index in [2.05, 4.69) is 30.9 Å². The number of rotatable bonds is 2. The van der Waals surface area contributed by atoms with Crippen molar-refractivity contribution in [2.24, 2.45) is 5.92 Å². The highest BCUT2D eigenvalue weighted by atomic mass is 14.1. The molecule has 0 nitrogen and oxygen atoms in total. The molecule has 0 bridgehead atoms. The van der Waals surface area contributed by atoms with Gasteiger partial charge in [-0.1, -0.05) is 30.4 Å². The van der Waals surface area contributed by atoms with Crippen molar-refractivity contribution >= 4 is 0 Å². The van der Waals surface area contributed by atoms with E-state index in [0.717, 1.165) is 6.42 Å². The van der Waals surface area contributed by atoms with Gasteiger partial charge in [0.2, 0.25) is 0 Å². The first-order valence-electron chi connectivity index (χ1n) is 3.37. The van der Waals surface area contributed by atoms with Gasteiger partial charge in [-0.25, -0.2) is 0 Å². The summed E-state index contributed by atoms with van der Waals surface area (Å²) in [6.07, 6.45) is 12.9. The summed E-state index contributed by atoms with van der Waals surface area (Å²) in [5.41, 5.74) is 0. The quantitative estimate of drug-likeness (QED) is 0.491. The minimum atomic E-state index is 0.715. The fraction of sp³-hybridized carbons (Fsp3) is 0.333.